The fraction of sp³-hybridized carbons (Fsp3) is 0.417. The third kappa shape index (κ3) is 4.40. The number of amides is 1. The lowest BCUT2D eigenvalue weighted by molar-refractivity contribution is 0.0945. The second-order valence-electron chi connectivity index (χ2n) is 4.40. The quantitative estimate of drug-likeness (QED) is 0.845. The molecule has 106 valence electrons. The van der Waals surface area contributed by atoms with Gasteiger partial charge in [0, 0.05) is 17.2 Å². The van der Waals surface area contributed by atoms with Gasteiger partial charge in [0.2, 0.25) is 0 Å². The molecule has 7 heteroatoms. The Labute approximate surface area is 117 Å². The maximum atomic E-state index is 12.0. The van der Waals surface area contributed by atoms with Gasteiger partial charge in [-0.25, -0.2) is 8.42 Å². The molecular formula is C12H16ClNO4S. The van der Waals surface area contributed by atoms with Crippen LogP contribution in [0.15, 0.2) is 23.1 Å². The average Bonchev–Trinajstić information content (AvgIpc) is 2.33. The molecule has 1 rings (SSSR count). The van der Waals surface area contributed by atoms with Gasteiger partial charge in [-0.1, -0.05) is 13.8 Å². The summed E-state index contributed by atoms with van der Waals surface area (Å²) in [6, 6.07) is 3.90. The van der Waals surface area contributed by atoms with Crippen LogP contribution in [0.1, 0.15) is 24.2 Å². The summed E-state index contributed by atoms with van der Waals surface area (Å²) in [6.45, 7) is 4.40. The van der Waals surface area contributed by atoms with Crippen LogP contribution in [0.4, 0.5) is 0 Å². The third-order valence-electron chi connectivity index (χ3n) is 2.37. The molecule has 5 nitrogen and oxygen atoms in total. The molecule has 19 heavy (non-hydrogen) atoms. The van der Waals surface area contributed by atoms with Crippen LogP contribution in [0.2, 0.25) is 0 Å². The summed E-state index contributed by atoms with van der Waals surface area (Å²) in [7, 11) is 2.79. The Kier molecular flexibility index (Phi) is 5.20. The average molecular weight is 306 g/mol. The Morgan fingerprint density at radius 2 is 2.05 bits per heavy atom. The molecule has 0 spiro atoms. The highest BCUT2D eigenvalue weighted by atomic mass is 35.7. The SMILES string of the molecule is COc1ccc(S(=O)(=O)Cl)cc1C(=O)NCC(C)C. The Balaban J connectivity index is 3.13. The minimum atomic E-state index is -3.88. The van der Waals surface area contributed by atoms with Crippen molar-refractivity contribution in [3.05, 3.63) is 23.8 Å². The number of ether oxygens (including phenoxy) is 1. The van der Waals surface area contributed by atoms with E-state index in [1.165, 1.54) is 25.3 Å². The molecule has 0 unspecified atom stereocenters. The van der Waals surface area contributed by atoms with E-state index in [0.29, 0.717) is 12.3 Å². The predicted molar refractivity (Wildman–Crippen MR) is 73.2 cm³/mol. The minimum absolute atomic E-state index is 0.135. The molecule has 1 amide bonds. The molecular weight excluding hydrogens is 290 g/mol. The Morgan fingerprint density at radius 1 is 1.42 bits per heavy atom. The first-order valence-electron chi connectivity index (χ1n) is 5.66. The minimum Gasteiger partial charge on any atom is -0.496 e. The van der Waals surface area contributed by atoms with Gasteiger partial charge in [0.25, 0.3) is 15.0 Å². The molecule has 0 aromatic heterocycles. The number of halogens is 1. The lowest BCUT2D eigenvalue weighted by atomic mass is 10.1. The van der Waals surface area contributed by atoms with Crippen molar-refractivity contribution in [1.82, 2.24) is 5.32 Å². The van der Waals surface area contributed by atoms with Crippen molar-refractivity contribution in [2.24, 2.45) is 5.92 Å². The maximum Gasteiger partial charge on any atom is 0.261 e. The Bertz CT molecular complexity index is 569. The van der Waals surface area contributed by atoms with Gasteiger partial charge in [0.15, 0.2) is 0 Å². The molecule has 0 aliphatic carbocycles. The van der Waals surface area contributed by atoms with Gasteiger partial charge in [-0.15, -0.1) is 0 Å². The predicted octanol–water partition coefficient (Wildman–Crippen LogP) is 2.01. The molecule has 1 aromatic carbocycles. The number of methoxy groups -OCH3 is 1. The van der Waals surface area contributed by atoms with Crippen molar-refractivity contribution in [2.45, 2.75) is 18.7 Å². The van der Waals surface area contributed by atoms with Gasteiger partial charge in [-0.05, 0) is 24.1 Å². The maximum absolute atomic E-state index is 12.0. The zero-order valence-electron chi connectivity index (χ0n) is 10.9. The fourth-order valence-corrected chi connectivity index (χ4v) is 2.19. The summed E-state index contributed by atoms with van der Waals surface area (Å²) in [5.74, 6) is 0.188. The van der Waals surface area contributed by atoms with Crippen LogP contribution >= 0.6 is 10.7 Å². The molecule has 0 saturated heterocycles. The zero-order valence-corrected chi connectivity index (χ0v) is 12.5. The van der Waals surface area contributed by atoms with E-state index >= 15 is 0 Å². The number of nitrogens with one attached hydrogen (secondary N) is 1. The largest absolute Gasteiger partial charge is 0.496 e. The van der Waals surface area contributed by atoms with Gasteiger partial charge in [0.05, 0.1) is 17.6 Å². The molecule has 0 bridgehead atoms. The van der Waals surface area contributed by atoms with Gasteiger partial charge >= 0.3 is 0 Å². The number of hydrogen-bond acceptors (Lipinski definition) is 4. The first-order chi connectivity index (χ1) is 8.75. The third-order valence-corrected chi connectivity index (χ3v) is 3.72. The summed E-state index contributed by atoms with van der Waals surface area (Å²) < 4.78 is 27.6. The molecule has 0 aliphatic rings. The highest BCUT2D eigenvalue weighted by Gasteiger charge is 2.18. The van der Waals surface area contributed by atoms with Crippen LogP contribution in [0.25, 0.3) is 0 Å². The first-order valence-corrected chi connectivity index (χ1v) is 7.97. The smallest absolute Gasteiger partial charge is 0.261 e. The standard InChI is InChI=1S/C12H16ClNO4S/c1-8(2)7-14-12(15)10-6-9(19(13,16)17)4-5-11(10)18-3/h4-6,8H,7H2,1-3H3,(H,14,15). The Morgan fingerprint density at radius 3 is 2.53 bits per heavy atom. The van der Waals surface area contributed by atoms with Crippen molar-refractivity contribution in [2.75, 3.05) is 13.7 Å². The molecule has 1 aromatic rings. The van der Waals surface area contributed by atoms with Gasteiger partial charge in [-0.3, -0.25) is 4.79 Å². The number of benzene rings is 1. The summed E-state index contributed by atoms with van der Waals surface area (Å²) >= 11 is 0. The van der Waals surface area contributed by atoms with Crippen LogP contribution < -0.4 is 10.1 Å². The van der Waals surface area contributed by atoms with Crippen molar-refractivity contribution in [1.29, 1.82) is 0 Å². The van der Waals surface area contributed by atoms with Gasteiger partial charge in [-0.2, -0.15) is 0 Å². The summed E-state index contributed by atoms with van der Waals surface area (Å²) in [5.41, 5.74) is 0.143. The molecule has 0 fully saturated rings. The lowest BCUT2D eigenvalue weighted by Gasteiger charge is -2.11. The summed E-state index contributed by atoms with van der Waals surface area (Å²) in [6.07, 6.45) is 0. The number of rotatable bonds is 5. The molecule has 0 atom stereocenters. The molecule has 0 radical (unpaired) electrons. The van der Waals surface area contributed by atoms with Crippen molar-refractivity contribution in [3.63, 3.8) is 0 Å². The number of hydrogen-bond donors (Lipinski definition) is 1. The topological polar surface area (TPSA) is 72.5 Å². The number of carbonyl (C=O) groups is 1. The van der Waals surface area contributed by atoms with Crippen LogP contribution in [0.3, 0.4) is 0 Å². The van der Waals surface area contributed by atoms with Crippen LogP contribution in [-0.2, 0) is 9.05 Å². The Hall–Kier alpha value is -1.27. The van der Waals surface area contributed by atoms with E-state index in [-0.39, 0.29) is 16.4 Å². The van der Waals surface area contributed by atoms with Crippen LogP contribution in [-0.4, -0.2) is 28.0 Å². The summed E-state index contributed by atoms with van der Waals surface area (Å²) in [5, 5.41) is 2.69. The highest BCUT2D eigenvalue weighted by molar-refractivity contribution is 8.13. The second kappa shape index (κ2) is 6.25. The molecule has 0 aliphatic heterocycles. The zero-order chi connectivity index (χ0) is 14.6. The van der Waals surface area contributed by atoms with Gasteiger partial charge in [0.1, 0.15) is 5.75 Å². The van der Waals surface area contributed by atoms with E-state index in [0.717, 1.165) is 0 Å². The van der Waals surface area contributed by atoms with Crippen molar-refractivity contribution >= 4 is 25.6 Å². The van der Waals surface area contributed by atoms with Crippen LogP contribution in [0.5, 0.6) is 5.75 Å². The number of carbonyl (C=O) groups excluding carboxylic acids is 1. The van der Waals surface area contributed by atoms with E-state index in [1.54, 1.807) is 0 Å². The van der Waals surface area contributed by atoms with E-state index < -0.39 is 15.0 Å². The summed E-state index contributed by atoms with van der Waals surface area (Å²) in [4.78, 5) is 11.8. The second-order valence-corrected chi connectivity index (χ2v) is 6.97. The lowest BCUT2D eigenvalue weighted by Crippen LogP contribution is -2.27. The first kappa shape index (κ1) is 15.8. The van der Waals surface area contributed by atoms with Crippen molar-refractivity contribution < 1.29 is 17.9 Å². The van der Waals surface area contributed by atoms with Crippen molar-refractivity contribution in [3.8, 4) is 5.75 Å². The molecule has 0 heterocycles. The van der Waals surface area contributed by atoms with E-state index in [9.17, 15) is 13.2 Å². The molecule has 0 saturated carbocycles. The van der Waals surface area contributed by atoms with Gasteiger partial charge < -0.3 is 10.1 Å². The highest BCUT2D eigenvalue weighted by Crippen LogP contribution is 2.24. The normalized spacial score (nSPS) is 11.4. The van der Waals surface area contributed by atoms with E-state index in [4.69, 9.17) is 15.4 Å². The monoisotopic (exact) mass is 305 g/mol. The molecule has 1 N–H and O–H groups in total. The van der Waals surface area contributed by atoms with E-state index in [2.05, 4.69) is 5.32 Å². The van der Waals surface area contributed by atoms with Crippen LogP contribution in [0, 0.1) is 5.92 Å². The van der Waals surface area contributed by atoms with E-state index in [1.807, 2.05) is 13.8 Å². The fourth-order valence-electron chi connectivity index (χ4n) is 1.41.